The molecule has 0 unspecified atom stereocenters. The molecule has 4 heteroatoms. The van der Waals surface area contributed by atoms with Crippen LogP contribution in [0.15, 0.2) is 12.1 Å². The van der Waals surface area contributed by atoms with E-state index in [1.54, 1.807) is 11.3 Å². The minimum Gasteiger partial charge on any atom is -0.330 e. The molecule has 1 saturated carbocycles. The van der Waals surface area contributed by atoms with Gasteiger partial charge in [0.15, 0.2) is 0 Å². The monoisotopic (exact) mass is 244 g/mol. The minimum absolute atomic E-state index is 0.438. The van der Waals surface area contributed by atoms with E-state index < -0.39 is 0 Å². The van der Waals surface area contributed by atoms with Crippen LogP contribution in [-0.4, -0.2) is 19.6 Å². The Kier molecular flexibility index (Phi) is 3.67. The molecule has 1 aliphatic carbocycles. The predicted octanol–water partition coefficient (Wildman–Crippen LogP) is 2.27. The lowest BCUT2D eigenvalue weighted by Gasteiger charge is -2.12. The largest absolute Gasteiger partial charge is 0.330 e. The molecule has 0 aromatic carbocycles. The van der Waals surface area contributed by atoms with Gasteiger partial charge in [-0.2, -0.15) is 0 Å². The van der Waals surface area contributed by atoms with Crippen LogP contribution in [0.3, 0.4) is 0 Å². The lowest BCUT2D eigenvalue weighted by atomic mass is 10.1. The molecule has 84 valence electrons. The summed E-state index contributed by atoms with van der Waals surface area (Å²) in [6, 6.07) is 4.06. The van der Waals surface area contributed by atoms with Crippen LogP contribution in [0.1, 0.15) is 17.7 Å². The van der Waals surface area contributed by atoms with Gasteiger partial charge >= 0.3 is 0 Å². The maximum absolute atomic E-state index is 5.86. The van der Waals surface area contributed by atoms with Gasteiger partial charge in [-0.25, -0.2) is 0 Å². The molecule has 0 atom stereocenters. The molecular formula is C11H17ClN2S. The number of hydrogen-bond donors (Lipinski definition) is 2. The minimum atomic E-state index is 0.438. The second-order valence-electron chi connectivity index (χ2n) is 4.34. The first kappa shape index (κ1) is 11.4. The number of rotatable bonds is 6. The average Bonchev–Trinajstić information content (AvgIpc) is 2.91. The smallest absolute Gasteiger partial charge is 0.0931 e. The van der Waals surface area contributed by atoms with Crippen molar-refractivity contribution in [3.05, 3.63) is 21.3 Å². The van der Waals surface area contributed by atoms with Gasteiger partial charge in [-0.3, -0.25) is 0 Å². The molecule has 0 amide bonds. The summed E-state index contributed by atoms with van der Waals surface area (Å²) in [5.74, 6) is 0. The van der Waals surface area contributed by atoms with Crippen molar-refractivity contribution in [2.24, 2.45) is 11.1 Å². The van der Waals surface area contributed by atoms with E-state index in [-0.39, 0.29) is 0 Å². The van der Waals surface area contributed by atoms with E-state index >= 15 is 0 Å². The molecule has 1 aromatic rings. The highest BCUT2D eigenvalue weighted by molar-refractivity contribution is 7.16. The van der Waals surface area contributed by atoms with Crippen molar-refractivity contribution in [2.75, 3.05) is 19.6 Å². The summed E-state index contributed by atoms with van der Waals surface area (Å²) in [5.41, 5.74) is 6.15. The molecule has 0 spiro atoms. The number of nitrogens with one attached hydrogen (secondary N) is 1. The van der Waals surface area contributed by atoms with Crippen LogP contribution < -0.4 is 11.1 Å². The van der Waals surface area contributed by atoms with Gasteiger partial charge in [-0.15, -0.1) is 11.3 Å². The second-order valence-corrected chi connectivity index (χ2v) is 6.14. The van der Waals surface area contributed by atoms with E-state index in [0.29, 0.717) is 5.41 Å². The molecule has 0 saturated heterocycles. The molecule has 0 radical (unpaired) electrons. The van der Waals surface area contributed by atoms with Crippen LogP contribution in [0.2, 0.25) is 4.34 Å². The first-order chi connectivity index (χ1) is 7.24. The number of halogens is 1. The normalized spacial score (nSPS) is 18.0. The molecule has 1 aromatic heterocycles. The maximum Gasteiger partial charge on any atom is 0.0931 e. The Hall–Kier alpha value is -0.0900. The average molecular weight is 245 g/mol. The summed E-state index contributed by atoms with van der Waals surface area (Å²) in [6.45, 7) is 2.92. The Morgan fingerprint density at radius 3 is 2.80 bits per heavy atom. The zero-order valence-electron chi connectivity index (χ0n) is 8.76. The molecule has 0 aliphatic heterocycles. The molecule has 1 heterocycles. The maximum atomic E-state index is 5.86. The van der Waals surface area contributed by atoms with Crippen LogP contribution in [0.25, 0.3) is 0 Å². The number of hydrogen-bond acceptors (Lipinski definition) is 3. The van der Waals surface area contributed by atoms with Crippen molar-refractivity contribution in [1.82, 2.24) is 5.32 Å². The standard InChI is InChI=1S/C11H17ClN2S/c12-10-2-1-9(15-10)3-6-14-8-11(7-13)4-5-11/h1-2,14H,3-8,13H2. The van der Waals surface area contributed by atoms with E-state index in [2.05, 4.69) is 11.4 Å². The summed E-state index contributed by atoms with van der Waals surface area (Å²) in [7, 11) is 0. The topological polar surface area (TPSA) is 38.0 Å². The quantitative estimate of drug-likeness (QED) is 0.754. The number of thiophene rings is 1. The summed E-state index contributed by atoms with van der Waals surface area (Å²) in [5, 5.41) is 3.48. The van der Waals surface area contributed by atoms with Crippen LogP contribution in [-0.2, 0) is 6.42 Å². The lowest BCUT2D eigenvalue weighted by molar-refractivity contribution is 0.471. The van der Waals surface area contributed by atoms with Gasteiger partial charge in [0, 0.05) is 11.4 Å². The summed E-state index contributed by atoms with van der Waals surface area (Å²) in [6.07, 6.45) is 3.65. The summed E-state index contributed by atoms with van der Waals surface area (Å²) in [4.78, 5) is 1.35. The fourth-order valence-corrected chi connectivity index (χ4v) is 2.77. The van der Waals surface area contributed by atoms with E-state index in [9.17, 15) is 0 Å². The van der Waals surface area contributed by atoms with Crippen molar-refractivity contribution >= 4 is 22.9 Å². The van der Waals surface area contributed by atoms with Crippen molar-refractivity contribution in [3.8, 4) is 0 Å². The van der Waals surface area contributed by atoms with Gasteiger partial charge in [-0.1, -0.05) is 11.6 Å². The van der Waals surface area contributed by atoms with Gasteiger partial charge in [0.25, 0.3) is 0 Å². The molecule has 0 bridgehead atoms. The van der Waals surface area contributed by atoms with Gasteiger partial charge in [0.1, 0.15) is 0 Å². The Bertz CT molecular complexity index is 320. The van der Waals surface area contributed by atoms with Gasteiger partial charge in [0.2, 0.25) is 0 Å². The molecule has 2 rings (SSSR count). The highest BCUT2D eigenvalue weighted by Crippen LogP contribution is 2.43. The number of nitrogens with two attached hydrogens (primary N) is 1. The van der Waals surface area contributed by atoms with Crippen LogP contribution in [0.4, 0.5) is 0 Å². The third kappa shape index (κ3) is 3.18. The van der Waals surface area contributed by atoms with E-state index in [1.165, 1.54) is 17.7 Å². The molecule has 15 heavy (non-hydrogen) atoms. The van der Waals surface area contributed by atoms with Crippen molar-refractivity contribution < 1.29 is 0 Å². The molecule has 1 fully saturated rings. The SMILES string of the molecule is NCC1(CNCCc2ccc(Cl)s2)CC1. The molecule has 1 aliphatic rings. The van der Waals surface area contributed by atoms with Gasteiger partial charge in [0.05, 0.1) is 4.34 Å². The fraction of sp³-hybridized carbons (Fsp3) is 0.636. The highest BCUT2D eigenvalue weighted by atomic mass is 35.5. The Morgan fingerprint density at radius 1 is 1.47 bits per heavy atom. The summed E-state index contributed by atoms with van der Waals surface area (Å²) < 4.78 is 0.880. The second kappa shape index (κ2) is 4.83. The van der Waals surface area contributed by atoms with E-state index in [4.69, 9.17) is 17.3 Å². The van der Waals surface area contributed by atoms with Gasteiger partial charge < -0.3 is 11.1 Å². The molecular weight excluding hydrogens is 228 g/mol. The van der Waals surface area contributed by atoms with Crippen LogP contribution in [0.5, 0.6) is 0 Å². The third-order valence-corrected chi connectivity index (χ3v) is 4.36. The zero-order valence-corrected chi connectivity index (χ0v) is 10.3. The lowest BCUT2D eigenvalue weighted by Crippen LogP contribution is -2.30. The fourth-order valence-electron chi connectivity index (χ4n) is 1.68. The van der Waals surface area contributed by atoms with E-state index in [1.807, 2.05) is 6.07 Å². The Balaban J connectivity index is 1.63. The third-order valence-electron chi connectivity index (χ3n) is 3.07. The Morgan fingerprint density at radius 2 is 2.27 bits per heavy atom. The first-order valence-corrected chi connectivity index (χ1v) is 6.59. The van der Waals surface area contributed by atoms with E-state index in [0.717, 1.165) is 30.4 Å². The van der Waals surface area contributed by atoms with Crippen molar-refractivity contribution in [1.29, 1.82) is 0 Å². The van der Waals surface area contributed by atoms with Crippen molar-refractivity contribution in [3.63, 3.8) is 0 Å². The predicted molar refractivity (Wildman–Crippen MR) is 66.6 cm³/mol. The molecule has 3 N–H and O–H groups in total. The highest BCUT2D eigenvalue weighted by Gasteiger charge is 2.40. The van der Waals surface area contributed by atoms with Gasteiger partial charge in [-0.05, 0) is 49.9 Å². The van der Waals surface area contributed by atoms with Crippen LogP contribution >= 0.6 is 22.9 Å². The zero-order chi connectivity index (χ0) is 10.7. The summed E-state index contributed by atoms with van der Waals surface area (Å²) >= 11 is 7.53. The first-order valence-electron chi connectivity index (χ1n) is 5.39. The Labute approximate surface area is 99.8 Å². The van der Waals surface area contributed by atoms with Crippen molar-refractivity contribution in [2.45, 2.75) is 19.3 Å². The van der Waals surface area contributed by atoms with Crippen LogP contribution in [0, 0.1) is 5.41 Å². The molecule has 2 nitrogen and oxygen atoms in total.